The molecule has 3 rings (SSSR count). The molecule has 1 aromatic heterocycles. The highest BCUT2D eigenvalue weighted by molar-refractivity contribution is 5.92. The van der Waals surface area contributed by atoms with Gasteiger partial charge in [-0.3, -0.25) is 0 Å². The SMILES string of the molecule is Cc1cc(C)cc(Nc2[nH]c3ccccc3c2C#N)c1. The van der Waals surface area contributed by atoms with Gasteiger partial charge in [-0.1, -0.05) is 24.3 Å². The predicted octanol–water partition coefficient (Wildman–Crippen LogP) is 4.40. The van der Waals surface area contributed by atoms with E-state index in [1.54, 1.807) is 0 Å². The van der Waals surface area contributed by atoms with Gasteiger partial charge < -0.3 is 10.3 Å². The third kappa shape index (κ3) is 2.12. The lowest BCUT2D eigenvalue weighted by Crippen LogP contribution is -1.94. The van der Waals surface area contributed by atoms with Crippen molar-refractivity contribution in [2.75, 3.05) is 5.32 Å². The number of benzene rings is 2. The van der Waals surface area contributed by atoms with Crippen LogP contribution < -0.4 is 5.32 Å². The molecule has 0 saturated carbocycles. The number of anilines is 2. The summed E-state index contributed by atoms with van der Waals surface area (Å²) in [6.07, 6.45) is 0. The van der Waals surface area contributed by atoms with E-state index in [0.29, 0.717) is 5.56 Å². The number of nitrogens with zero attached hydrogens (tertiary/aromatic N) is 1. The minimum atomic E-state index is 0.653. The minimum Gasteiger partial charge on any atom is -0.341 e. The average molecular weight is 261 g/mol. The summed E-state index contributed by atoms with van der Waals surface area (Å²) in [4.78, 5) is 3.27. The molecule has 0 spiro atoms. The van der Waals surface area contributed by atoms with Crippen LogP contribution in [0.15, 0.2) is 42.5 Å². The summed E-state index contributed by atoms with van der Waals surface area (Å²) < 4.78 is 0. The van der Waals surface area contributed by atoms with Crippen LogP contribution in [0, 0.1) is 25.2 Å². The van der Waals surface area contributed by atoms with Crippen molar-refractivity contribution in [3.63, 3.8) is 0 Å². The van der Waals surface area contributed by atoms with Gasteiger partial charge in [-0.05, 0) is 43.2 Å². The molecule has 0 radical (unpaired) electrons. The zero-order valence-corrected chi connectivity index (χ0v) is 11.5. The molecule has 2 N–H and O–H groups in total. The van der Waals surface area contributed by atoms with Gasteiger partial charge in [0.1, 0.15) is 17.5 Å². The van der Waals surface area contributed by atoms with Crippen LogP contribution in [0.1, 0.15) is 16.7 Å². The first-order valence-corrected chi connectivity index (χ1v) is 6.53. The number of aryl methyl sites for hydroxylation is 2. The molecule has 1 heterocycles. The molecule has 2 aromatic carbocycles. The van der Waals surface area contributed by atoms with Gasteiger partial charge >= 0.3 is 0 Å². The molecule has 3 heteroatoms. The van der Waals surface area contributed by atoms with Crippen LogP contribution in [0.2, 0.25) is 0 Å². The zero-order chi connectivity index (χ0) is 14.1. The Hall–Kier alpha value is -2.73. The van der Waals surface area contributed by atoms with Crippen LogP contribution in [0.3, 0.4) is 0 Å². The summed E-state index contributed by atoms with van der Waals surface area (Å²) in [6, 6.07) is 16.4. The maximum absolute atomic E-state index is 9.38. The Balaban J connectivity index is 2.08. The number of fused-ring (bicyclic) bond motifs is 1. The lowest BCUT2D eigenvalue weighted by Gasteiger charge is -2.07. The molecular formula is C17H15N3. The van der Waals surface area contributed by atoms with E-state index < -0.39 is 0 Å². The standard InChI is InChI=1S/C17H15N3/c1-11-7-12(2)9-13(8-11)19-17-15(10-18)14-5-3-4-6-16(14)20-17/h3-9,19-20H,1-2H3. The predicted molar refractivity (Wildman–Crippen MR) is 82.2 cm³/mol. The van der Waals surface area contributed by atoms with Gasteiger partial charge in [-0.2, -0.15) is 5.26 Å². The van der Waals surface area contributed by atoms with Gasteiger partial charge in [0.2, 0.25) is 0 Å². The summed E-state index contributed by atoms with van der Waals surface area (Å²) >= 11 is 0. The number of para-hydroxylation sites is 1. The van der Waals surface area contributed by atoms with Crippen LogP contribution >= 0.6 is 0 Å². The van der Waals surface area contributed by atoms with Gasteiger partial charge in [0.25, 0.3) is 0 Å². The van der Waals surface area contributed by atoms with E-state index in [-0.39, 0.29) is 0 Å². The quantitative estimate of drug-likeness (QED) is 0.718. The lowest BCUT2D eigenvalue weighted by atomic mass is 10.1. The highest BCUT2D eigenvalue weighted by Gasteiger charge is 2.10. The Labute approximate surface area is 117 Å². The van der Waals surface area contributed by atoms with Crippen LogP contribution in [-0.4, -0.2) is 4.98 Å². The molecule has 0 fully saturated rings. The average Bonchev–Trinajstić information content (AvgIpc) is 2.74. The summed E-state index contributed by atoms with van der Waals surface area (Å²) in [6.45, 7) is 4.13. The highest BCUT2D eigenvalue weighted by atomic mass is 15.0. The molecule has 0 bridgehead atoms. The normalized spacial score (nSPS) is 10.4. The van der Waals surface area contributed by atoms with E-state index in [4.69, 9.17) is 0 Å². The summed E-state index contributed by atoms with van der Waals surface area (Å²) in [5.41, 5.74) is 5.01. The fourth-order valence-electron chi connectivity index (χ4n) is 2.54. The molecule has 0 atom stereocenters. The van der Waals surface area contributed by atoms with Gasteiger partial charge in [0.05, 0.1) is 0 Å². The molecule has 3 aromatic rings. The first kappa shape index (κ1) is 12.3. The van der Waals surface area contributed by atoms with E-state index >= 15 is 0 Å². The van der Waals surface area contributed by atoms with E-state index in [1.165, 1.54) is 11.1 Å². The van der Waals surface area contributed by atoms with Crippen LogP contribution in [0.25, 0.3) is 10.9 Å². The van der Waals surface area contributed by atoms with Crippen molar-refractivity contribution in [2.24, 2.45) is 0 Å². The molecule has 0 aliphatic rings. The number of hydrogen-bond donors (Lipinski definition) is 2. The minimum absolute atomic E-state index is 0.653. The highest BCUT2D eigenvalue weighted by Crippen LogP contribution is 2.28. The summed E-state index contributed by atoms with van der Waals surface area (Å²) in [7, 11) is 0. The zero-order valence-electron chi connectivity index (χ0n) is 11.5. The fourth-order valence-corrected chi connectivity index (χ4v) is 2.54. The summed E-state index contributed by atoms with van der Waals surface area (Å²) in [5.74, 6) is 0.749. The topological polar surface area (TPSA) is 51.6 Å². The molecule has 0 unspecified atom stereocenters. The number of H-pyrrole nitrogens is 1. The lowest BCUT2D eigenvalue weighted by molar-refractivity contribution is 1.35. The number of aromatic nitrogens is 1. The van der Waals surface area contributed by atoms with E-state index in [9.17, 15) is 5.26 Å². The number of rotatable bonds is 2. The number of hydrogen-bond acceptors (Lipinski definition) is 2. The van der Waals surface area contributed by atoms with Gasteiger partial charge in [-0.25, -0.2) is 0 Å². The first-order valence-electron chi connectivity index (χ1n) is 6.53. The molecule has 0 aliphatic heterocycles. The monoisotopic (exact) mass is 261 g/mol. The molecule has 98 valence electrons. The second-order valence-corrected chi connectivity index (χ2v) is 5.03. The molecular weight excluding hydrogens is 246 g/mol. The van der Waals surface area contributed by atoms with Crippen molar-refractivity contribution in [3.8, 4) is 6.07 Å². The van der Waals surface area contributed by atoms with E-state index in [0.717, 1.165) is 22.4 Å². The number of nitrogens with one attached hydrogen (secondary N) is 2. The Morgan fingerprint density at radius 1 is 1.05 bits per heavy atom. The fraction of sp³-hybridized carbons (Fsp3) is 0.118. The Kier molecular flexibility index (Phi) is 2.92. The van der Waals surface area contributed by atoms with Crippen molar-refractivity contribution < 1.29 is 0 Å². The van der Waals surface area contributed by atoms with Crippen molar-refractivity contribution in [1.82, 2.24) is 4.98 Å². The number of aromatic amines is 1. The third-order valence-electron chi connectivity index (χ3n) is 3.31. The first-order chi connectivity index (χ1) is 9.67. The largest absolute Gasteiger partial charge is 0.341 e. The van der Waals surface area contributed by atoms with Crippen molar-refractivity contribution in [1.29, 1.82) is 5.26 Å². The third-order valence-corrected chi connectivity index (χ3v) is 3.31. The molecule has 0 amide bonds. The maximum Gasteiger partial charge on any atom is 0.127 e. The van der Waals surface area contributed by atoms with Crippen LogP contribution in [-0.2, 0) is 0 Å². The molecule has 0 aliphatic carbocycles. The Morgan fingerprint density at radius 3 is 2.45 bits per heavy atom. The maximum atomic E-state index is 9.38. The van der Waals surface area contributed by atoms with Crippen molar-refractivity contribution in [3.05, 3.63) is 59.2 Å². The molecule has 0 saturated heterocycles. The molecule has 3 nitrogen and oxygen atoms in total. The van der Waals surface area contributed by atoms with Crippen LogP contribution in [0.5, 0.6) is 0 Å². The smallest absolute Gasteiger partial charge is 0.127 e. The van der Waals surface area contributed by atoms with Gasteiger partial charge in [0.15, 0.2) is 0 Å². The van der Waals surface area contributed by atoms with Gasteiger partial charge in [0, 0.05) is 16.6 Å². The van der Waals surface area contributed by atoms with Crippen molar-refractivity contribution in [2.45, 2.75) is 13.8 Å². The Bertz CT molecular complexity index is 802. The van der Waals surface area contributed by atoms with E-state index in [1.807, 2.05) is 24.3 Å². The molecule has 20 heavy (non-hydrogen) atoms. The second kappa shape index (κ2) is 4.75. The Morgan fingerprint density at radius 2 is 1.75 bits per heavy atom. The summed E-state index contributed by atoms with van der Waals surface area (Å²) in [5, 5.41) is 13.6. The van der Waals surface area contributed by atoms with Crippen LogP contribution in [0.4, 0.5) is 11.5 Å². The second-order valence-electron chi connectivity index (χ2n) is 5.03. The number of nitriles is 1. The van der Waals surface area contributed by atoms with Crippen molar-refractivity contribution >= 4 is 22.4 Å². The van der Waals surface area contributed by atoms with E-state index in [2.05, 4.69) is 48.4 Å². The van der Waals surface area contributed by atoms with Gasteiger partial charge in [-0.15, -0.1) is 0 Å².